The minimum Gasteiger partial charge on any atom is -0.506 e. The zero-order valence-corrected chi connectivity index (χ0v) is 11.6. The second kappa shape index (κ2) is 4.92. The van der Waals surface area contributed by atoms with Crippen LogP contribution in [0.15, 0.2) is 36.5 Å². The Morgan fingerprint density at radius 3 is 2.50 bits per heavy atom. The molecule has 1 aromatic carbocycles. The summed E-state index contributed by atoms with van der Waals surface area (Å²) < 4.78 is 0. The summed E-state index contributed by atoms with van der Waals surface area (Å²) in [6.07, 6.45) is 1.54. The molecule has 1 heterocycles. The Morgan fingerprint density at radius 2 is 1.95 bits per heavy atom. The zero-order valence-electron chi connectivity index (χ0n) is 11.6. The van der Waals surface area contributed by atoms with Gasteiger partial charge in [-0.25, -0.2) is 0 Å². The lowest BCUT2D eigenvalue weighted by atomic mass is 9.85. The van der Waals surface area contributed by atoms with Crippen LogP contribution in [0.5, 0.6) is 5.75 Å². The fourth-order valence-electron chi connectivity index (χ4n) is 2.08. The number of benzene rings is 1. The molecule has 0 saturated carbocycles. The number of pyridine rings is 1. The maximum Gasteiger partial charge on any atom is 0.273 e. The standard InChI is InChI=1S/C15H16N2O3/c1-15(2,3)11-7-6-10(9-12(11)17(19)20)14-13(18)5-4-8-16-14/h4-9,18H,1-3H3. The number of hydrogen-bond donors (Lipinski definition) is 1. The highest BCUT2D eigenvalue weighted by Gasteiger charge is 2.25. The van der Waals surface area contributed by atoms with Crippen LogP contribution < -0.4 is 0 Å². The topological polar surface area (TPSA) is 76.3 Å². The third kappa shape index (κ3) is 2.61. The number of aromatic nitrogens is 1. The summed E-state index contributed by atoms with van der Waals surface area (Å²) in [4.78, 5) is 14.9. The van der Waals surface area contributed by atoms with Crippen LogP contribution in [-0.2, 0) is 5.41 Å². The van der Waals surface area contributed by atoms with E-state index in [1.807, 2.05) is 20.8 Å². The summed E-state index contributed by atoms with van der Waals surface area (Å²) in [7, 11) is 0. The third-order valence-corrected chi connectivity index (χ3v) is 3.06. The first-order valence-corrected chi connectivity index (χ1v) is 6.24. The van der Waals surface area contributed by atoms with Crippen molar-refractivity contribution in [1.29, 1.82) is 0 Å². The first-order chi connectivity index (χ1) is 9.30. The van der Waals surface area contributed by atoms with Gasteiger partial charge in [0.15, 0.2) is 0 Å². The van der Waals surface area contributed by atoms with Gasteiger partial charge in [0.05, 0.1) is 4.92 Å². The normalized spacial score (nSPS) is 11.3. The van der Waals surface area contributed by atoms with Crippen molar-refractivity contribution in [3.63, 3.8) is 0 Å². The first-order valence-electron chi connectivity index (χ1n) is 6.24. The predicted octanol–water partition coefficient (Wildman–Crippen LogP) is 3.66. The molecule has 0 fully saturated rings. The largest absolute Gasteiger partial charge is 0.506 e. The third-order valence-electron chi connectivity index (χ3n) is 3.06. The highest BCUT2D eigenvalue weighted by atomic mass is 16.6. The Balaban J connectivity index is 2.63. The van der Waals surface area contributed by atoms with Gasteiger partial charge in [0.25, 0.3) is 5.69 Å². The lowest BCUT2D eigenvalue weighted by molar-refractivity contribution is -0.385. The van der Waals surface area contributed by atoms with Crippen molar-refractivity contribution in [2.75, 3.05) is 0 Å². The molecule has 0 amide bonds. The van der Waals surface area contributed by atoms with Crippen molar-refractivity contribution >= 4 is 5.69 Å². The molecule has 104 valence electrons. The first kappa shape index (κ1) is 14.0. The van der Waals surface area contributed by atoms with Crippen LogP contribution in [0.3, 0.4) is 0 Å². The van der Waals surface area contributed by atoms with Crippen LogP contribution in [0.2, 0.25) is 0 Å². The van der Waals surface area contributed by atoms with Gasteiger partial charge in [-0.15, -0.1) is 0 Å². The van der Waals surface area contributed by atoms with Crippen molar-refractivity contribution in [1.82, 2.24) is 4.98 Å². The zero-order chi connectivity index (χ0) is 14.9. The van der Waals surface area contributed by atoms with Gasteiger partial charge >= 0.3 is 0 Å². The van der Waals surface area contributed by atoms with Gasteiger partial charge in [-0.3, -0.25) is 15.1 Å². The average Bonchev–Trinajstić information content (AvgIpc) is 2.37. The molecule has 1 N–H and O–H groups in total. The number of rotatable bonds is 2. The smallest absolute Gasteiger partial charge is 0.273 e. The van der Waals surface area contributed by atoms with Crippen molar-refractivity contribution in [3.8, 4) is 17.0 Å². The van der Waals surface area contributed by atoms with E-state index in [1.165, 1.54) is 12.1 Å². The van der Waals surface area contributed by atoms with Gasteiger partial charge in [-0.1, -0.05) is 32.9 Å². The van der Waals surface area contributed by atoms with E-state index in [0.29, 0.717) is 16.8 Å². The molecular formula is C15H16N2O3. The molecule has 0 atom stereocenters. The predicted molar refractivity (Wildman–Crippen MR) is 76.7 cm³/mol. The van der Waals surface area contributed by atoms with E-state index in [-0.39, 0.29) is 16.9 Å². The molecule has 0 aliphatic heterocycles. The molecule has 20 heavy (non-hydrogen) atoms. The molecular weight excluding hydrogens is 256 g/mol. The Labute approximate surface area is 117 Å². The highest BCUT2D eigenvalue weighted by molar-refractivity contribution is 5.69. The molecule has 5 nitrogen and oxygen atoms in total. The number of nitro benzene ring substituents is 1. The summed E-state index contributed by atoms with van der Waals surface area (Å²) in [5.41, 5.74) is 1.24. The van der Waals surface area contributed by atoms with E-state index in [2.05, 4.69) is 4.98 Å². The summed E-state index contributed by atoms with van der Waals surface area (Å²) in [6.45, 7) is 5.77. The molecule has 0 spiro atoms. The maximum absolute atomic E-state index is 11.3. The van der Waals surface area contributed by atoms with E-state index < -0.39 is 4.92 Å². The summed E-state index contributed by atoms with van der Waals surface area (Å²) in [5, 5.41) is 21.0. The molecule has 0 unspecified atom stereocenters. The van der Waals surface area contributed by atoms with E-state index in [9.17, 15) is 15.2 Å². The summed E-state index contributed by atoms with van der Waals surface area (Å²) in [6, 6.07) is 8.04. The Bertz CT molecular complexity index is 660. The molecule has 0 bridgehead atoms. The number of nitro groups is 1. The number of nitrogens with zero attached hydrogens (tertiary/aromatic N) is 2. The molecule has 0 aliphatic rings. The van der Waals surface area contributed by atoms with Crippen LogP contribution in [0.1, 0.15) is 26.3 Å². The van der Waals surface area contributed by atoms with Crippen LogP contribution in [0, 0.1) is 10.1 Å². The van der Waals surface area contributed by atoms with Gasteiger partial charge in [0, 0.05) is 23.4 Å². The fraction of sp³-hybridized carbons (Fsp3) is 0.267. The second-order valence-electron chi connectivity index (χ2n) is 5.61. The van der Waals surface area contributed by atoms with E-state index in [4.69, 9.17) is 0 Å². The highest BCUT2D eigenvalue weighted by Crippen LogP contribution is 2.35. The van der Waals surface area contributed by atoms with E-state index >= 15 is 0 Å². The van der Waals surface area contributed by atoms with Crippen molar-refractivity contribution < 1.29 is 10.0 Å². The maximum atomic E-state index is 11.3. The van der Waals surface area contributed by atoms with Crippen LogP contribution >= 0.6 is 0 Å². The van der Waals surface area contributed by atoms with Crippen LogP contribution in [-0.4, -0.2) is 15.0 Å². The molecule has 1 aromatic heterocycles. The van der Waals surface area contributed by atoms with Crippen LogP contribution in [0.25, 0.3) is 11.3 Å². The Morgan fingerprint density at radius 1 is 1.25 bits per heavy atom. The monoisotopic (exact) mass is 272 g/mol. The molecule has 2 rings (SSSR count). The lowest BCUT2D eigenvalue weighted by Gasteiger charge is -2.19. The molecule has 0 saturated heterocycles. The molecule has 2 aromatic rings. The van der Waals surface area contributed by atoms with Gasteiger partial charge in [-0.05, 0) is 17.5 Å². The fourth-order valence-corrected chi connectivity index (χ4v) is 2.08. The van der Waals surface area contributed by atoms with Gasteiger partial charge in [-0.2, -0.15) is 0 Å². The number of hydrogen-bond acceptors (Lipinski definition) is 4. The van der Waals surface area contributed by atoms with Gasteiger partial charge in [0.2, 0.25) is 0 Å². The molecule has 0 aliphatic carbocycles. The Hall–Kier alpha value is -2.43. The van der Waals surface area contributed by atoms with Crippen molar-refractivity contribution in [2.24, 2.45) is 0 Å². The SMILES string of the molecule is CC(C)(C)c1ccc(-c2ncccc2O)cc1[N+](=O)[O-]. The van der Waals surface area contributed by atoms with Gasteiger partial charge in [0.1, 0.15) is 11.4 Å². The van der Waals surface area contributed by atoms with E-state index in [0.717, 1.165) is 0 Å². The Kier molecular flexibility index (Phi) is 3.44. The van der Waals surface area contributed by atoms with Gasteiger partial charge < -0.3 is 5.11 Å². The molecule has 0 radical (unpaired) electrons. The number of aromatic hydroxyl groups is 1. The van der Waals surface area contributed by atoms with Crippen molar-refractivity contribution in [2.45, 2.75) is 26.2 Å². The quantitative estimate of drug-likeness (QED) is 0.668. The average molecular weight is 272 g/mol. The summed E-state index contributed by atoms with van der Waals surface area (Å²) >= 11 is 0. The molecule has 5 heteroatoms. The summed E-state index contributed by atoms with van der Waals surface area (Å²) in [5.74, 6) is 0.00491. The lowest BCUT2D eigenvalue weighted by Crippen LogP contribution is -2.13. The minimum atomic E-state index is -0.399. The minimum absolute atomic E-state index is 0.00491. The second-order valence-corrected chi connectivity index (χ2v) is 5.61. The van der Waals surface area contributed by atoms with Crippen LogP contribution in [0.4, 0.5) is 5.69 Å². The van der Waals surface area contributed by atoms with Crippen molar-refractivity contribution in [3.05, 3.63) is 52.2 Å². The van der Waals surface area contributed by atoms with E-state index in [1.54, 1.807) is 24.4 Å².